The Labute approximate surface area is 183 Å². The number of hydrogen-bond acceptors (Lipinski definition) is 5. The third-order valence-corrected chi connectivity index (χ3v) is 7.41. The van der Waals surface area contributed by atoms with Gasteiger partial charge < -0.3 is 9.64 Å². The number of sulfonamides is 1. The molecule has 0 saturated carbocycles. The molecular weight excluding hydrogens is 414 g/mol. The first-order valence-electron chi connectivity index (χ1n) is 10.4. The van der Waals surface area contributed by atoms with Crippen LogP contribution in [0.4, 0.5) is 0 Å². The van der Waals surface area contributed by atoms with Gasteiger partial charge in [-0.2, -0.15) is 9.57 Å². The average Bonchev–Trinajstić information content (AvgIpc) is 2.82. The van der Waals surface area contributed by atoms with Crippen molar-refractivity contribution in [3.8, 4) is 11.8 Å². The molecule has 1 aliphatic rings. The molecule has 0 unspecified atom stereocenters. The van der Waals surface area contributed by atoms with Crippen molar-refractivity contribution in [3.05, 3.63) is 60.2 Å². The summed E-state index contributed by atoms with van der Waals surface area (Å²) in [5.74, 6) is 0.648. The second-order valence-corrected chi connectivity index (χ2v) is 9.47. The van der Waals surface area contributed by atoms with Crippen molar-refractivity contribution in [2.45, 2.75) is 24.2 Å². The summed E-state index contributed by atoms with van der Waals surface area (Å²) in [5, 5.41) is 9.22. The molecule has 1 heterocycles. The van der Waals surface area contributed by atoms with Crippen LogP contribution in [0.5, 0.6) is 5.75 Å². The van der Waals surface area contributed by atoms with Gasteiger partial charge in [0, 0.05) is 32.6 Å². The summed E-state index contributed by atoms with van der Waals surface area (Å²) in [5.41, 5.74) is 0.137. The highest BCUT2D eigenvalue weighted by molar-refractivity contribution is 7.89. The van der Waals surface area contributed by atoms with Crippen molar-refractivity contribution < 1.29 is 17.9 Å². The number of carbonyl (C=O) groups is 1. The molecule has 0 spiro atoms. The Hall–Kier alpha value is -2.89. The van der Waals surface area contributed by atoms with Gasteiger partial charge >= 0.3 is 0 Å². The van der Waals surface area contributed by atoms with Crippen LogP contribution in [-0.2, 0) is 14.8 Å². The Balaban J connectivity index is 1.48. The van der Waals surface area contributed by atoms with Gasteiger partial charge in [-0.3, -0.25) is 4.79 Å². The quantitative estimate of drug-likeness (QED) is 0.588. The number of rotatable bonds is 8. The molecule has 31 heavy (non-hydrogen) atoms. The number of nitrogens with zero attached hydrogens (tertiary/aromatic N) is 3. The molecule has 1 aliphatic heterocycles. The Morgan fingerprint density at radius 1 is 1.13 bits per heavy atom. The molecule has 2 aromatic carbocycles. The van der Waals surface area contributed by atoms with E-state index < -0.39 is 10.0 Å². The van der Waals surface area contributed by atoms with Crippen LogP contribution >= 0.6 is 0 Å². The molecule has 0 aromatic heterocycles. The zero-order valence-corrected chi connectivity index (χ0v) is 18.4. The lowest BCUT2D eigenvalue weighted by Crippen LogP contribution is -2.43. The molecule has 0 atom stereocenters. The highest BCUT2D eigenvalue weighted by Gasteiger charge is 2.34. The minimum atomic E-state index is -3.75. The second kappa shape index (κ2) is 10.4. The summed E-state index contributed by atoms with van der Waals surface area (Å²) in [4.78, 5) is 14.5. The van der Waals surface area contributed by atoms with Gasteiger partial charge in [0.2, 0.25) is 15.9 Å². The first kappa shape index (κ1) is 22.8. The fraction of sp³-hybridized carbons (Fsp3) is 0.391. The van der Waals surface area contributed by atoms with Crippen LogP contribution in [0.25, 0.3) is 0 Å². The smallest absolute Gasteiger partial charge is 0.244 e. The summed E-state index contributed by atoms with van der Waals surface area (Å²) < 4.78 is 32.9. The van der Waals surface area contributed by atoms with Gasteiger partial charge in [0.05, 0.1) is 17.1 Å². The van der Waals surface area contributed by atoms with Crippen molar-refractivity contribution >= 4 is 15.9 Å². The highest BCUT2D eigenvalue weighted by atomic mass is 32.2. The first-order chi connectivity index (χ1) is 14.9. The van der Waals surface area contributed by atoms with Crippen LogP contribution in [0.3, 0.4) is 0 Å². The maximum atomic E-state index is 12.9. The van der Waals surface area contributed by atoms with E-state index in [0.717, 1.165) is 12.2 Å². The van der Waals surface area contributed by atoms with Gasteiger partial charge in [-0.05, 0) is 43.5 Å². The van der Waals surface area contributed by atoms with Crippen molar-refractivity contribution in [1.29, 1.82) is 5.26 Å². The van der Waals surface area contributed by atoms with Crippen LogP contribution in [0.1, 0.15) is 24.8 Å². The van der Waals surface area contributed by atoms with Crippen LogP contribution in [0.15, 0.2) is 59.5 Å². The fourth-order valence-electron chi connectivity index (χ4n) is 3.70. The number of ether oxygens (including phenoxy) is 1. The van der Waals surface area contributed by atoms with Gasteiger partial charge in [-0.1, -0.05) is 30.3 Å². The van der Waals surface area contributed by atoms with Gasteiger partial charge in [-0.15, -0.1) is 0 Å². The van der Waals surface area contributed by atoms with E-state index in [4.69, 9.17) is 4.74 Å². The number of benzene rings is 2. The number of carbonyl (C=O) groups excluding carboxylic acids is 1. The third-order valence-electron chi connectivity index (χ3n) is 5.45. The Bertz CT molecular complexity index is 1030. The average molecular weight is 442 g/mol. The predicted molar refractivity (Wildman–Crippen MR) is 117 cm³/mol. The summed E-state index contributed by atoms with van der Waals surface area (Å²) >= 11 is 0. The van der Waals surface area contributed by atoms with E-state index in [0.29, 0.717) is 26.0 Å². The largest absolute Gasteiger partial charge is 0.494 e. The number of piperidine rings is 1. The number of para-hydroxylation sites is 1. The number of nitriles is 1. The molecule has 0 aliphatic carbocycles. The number of hydrogen-bond donors (Lipinski definition) is 0. The number of amides is 1. The molecule has 7 nitrogen and oxygen atoms in total. The van der Waals surface area contributed by atoms with Gasteiger partial charge in [0.25, 0.3) is 0 Å². The van der Waals surface area contributed by atoms with E-state index >= 15 is 0 Å². The minimum absolute atomic E-state index is 0.0258. The van der Waals surface area contributed by atoms with Crippen LogP contribution < -0.4 is 4.74 Å². The first-order valence-corrected chi connectivity index (χ1v) is 11.8. The lowest BCUT2D eigenvalue weighted by Gasteiger charge is -2.32. The Morgan fingerprint density at radius 2 is 1.77 bits per heavy atom. The van der Waals surface area contributed by atoms with E-state index in [1.165, 1.54) is 16.4 Å². The zero-order valence-electron chi connectivity index (χ0n) is 17.6. The van der Waals surface area contributed by atoms with Crippen LogP contribution in [-0.4, -0.2) is 56.8 Å². The molecule has 2 aromatic rings. The van der Waals surface area contributed by atoms with E-state index in [1.807, 2.05) is 36.4 Å². The normalized spacial score (nSPS) is 15.2. The van der Waals surface area contributed by atoms with E-state index in [-0.39, 0.29) is 35.4 Å². The van der Waals surface area contributed by atoms with E-state index in [1.54, 1.807) is 24.1 Å². The van der Waals surface area contributed by atoms with E-state index in [9.17, 15) is 18.5 Å². The second-order valence-electron chi connectivity index (χ2n) is 7.56. The molecule has 1 amide bonds. The highest BCUT2D eigenvalue weighted by Crippen LogP contribution is 2.26. The van der Waals surface area contributed by atoms with Crippen LogP contribution in [0, 0.1) is 17.2 Å². The van der Waals surface area contributed by atoms with Crippen molar-refractivity contribution in [1.82, 2.24) is 9.21 Å². The van der Waals surface area contributed by atoms with Gasteiger partial charge in [-0.25, -0.2) is 8.42 Å². The Kier molecular flexibility index (Phi) is 7.66. The summed E-state index contributed by atoms with van der Waals surface area (Å²) in [6.07, 6.45) is 1.66. The van der Waals surface area contributed by atoms with Gasteiger partial charge in [0.15, 0.2) is 0 Å². The third kappa shape index (κ3) is 5.63. The van der Waals surface area contributed by atoms with Crippen molar-refractivity contribution in [2.75, 3.05) is 33.3 Å². The monoisotopic (exact) mass is 441 g/mol. The maximum Gasteiger partial charge on any atom is 0.244 e. The molecule has 1 saturated heterocycles. The zero-order chi connectivity index (χ0) is 22.3. The topological polar surface area (TPSA) is 90.7 Å². The van der Waals surface area contributed by atoms with Crippen molar-refractivity contribution in [2.24, 2.45) is 5.92 Å². The lowest BCUT2D eigenvalue weighted by atomic mass is 9.96. The van der Waals surface area contributed by atoms with Gasteiger partial charge in [0.1, 0.15) is 11.8 Å². The van der Waals surface area contributed by atoms with E-state index in [2.05, 4.69) is 0 Å². The minimum Gasteiger partial charge on any atom is -0.494 e. The fourth-order valence-corrected chi connectivity index (χ4v) is 5.31. The SMILES string of the molecule is CN(CCCOc1ccccc1)C(=O)C1CCN(S(=O)(=O)c2ccccc2C#N)CC1. The lowest BCUT2D eigenvalue weighted by molar-refractivity contribution is -0.135. The standard InChI is InChI=1S/C23H27N3O4S/c1-25(14-7-17-30-21-9-3-2-4-10-21)23(27)19-12-15-26(16-13-19)31(28,29)22-11-6-5-8-20(22)18-24/h2-6,8-11,19H,7,12-17H2,1H3. The molecule has 164 valence electrons. The van der Waals surface area contributed by atoms with Crippen LogP contribution in [0.2, 0.25) is 0 Å². The summed E-state index contributed by atoms with van der Waals surface area (Å²) in [6.45, 7) is 1.64. The summed E-state index contributed by atoms with van der Waals surface area (Å²) in [6, 6.07) is 17.7. The molecule has 1 fully saturated rings. The molecule has 0 N–H and O–H groups in total. The molecule has 3 rings (SSSR count). The predicted octanol–water partition coefficient (Wildman–Crippen LogP) is 2.89. The van der Waals surface area contributed by atoms with Crippen molar-refractivity contribution in [3.63, 3.8) is 0 Å². The maximum absolute atomic E-state index is 12.9. The molecule has 0 bridgehead atoms. The molecule has 8 heteroatoms. The Morgan fingerprint density at radius 3 is 2.45 bits per heavy atom. The summed E-state index contributed by atoms with van der Waals surface area (Å²) in [7, 11) is -1.97. The molecule has 0 radical (unpaired) electrons. The molecular formula is C23H27N3O4S.